The molecule has 0 radical (unpaired) electrons. The number of ether oxygens (including phenoxy) is 1. The van der Waals surface area contributed by atoms with Crippen LogP contribution in [0.25, 0.3) is 0 Å². The molecule has 5 nitrogen and oxygen atoms in total. The van der Waals surface area contributed by atoms with Crippen LogP contribution in [-0.2, 0) is 6.42 Å². The van der Waals surface area contributed by atoms with E-state index in [1.54, 1.807) is 25.3 Å². The Hall–Kier alpha value is -2.69. The first-order chi connectivity index (χ1) is 10.1. The predicted octanol–water partition coefficient (Wildman–Crippen LogP) is 3.48. The summed E-state index contributed by atoms with van der Waals surface area (Å²) in [5, 5.41) is 5.49. The smallest absolute Gasteiger partial charge is 0.323 e. The summed E-state index contributed by atoms with van der Waals surface area (Å²) < 4.78 is 5.18. The van der Waals surface area contributed by atoms with Crippen LogP contribution in [0.2, 0.25) is 0 Å². The van der Waals surface area contributed by atoms with Crippen LogP contribution in [0, 0.1) is 0 Å². The fourth-order valence-electron chi connectivity index (χ4n) is 2.03. The molecule has 0 unspecified atom stereocenters. The van der Waals surface area contributed by atoms with E-state index >= 15 is 0 Å². The van der Waals surface area contributed by atoms with E-state index in [2.05, 4.69) is 10.6 Å². The van der Waals surface area contributed by atoms with Crippen LogP contribution in [0.15, 0.2) is 42.5 Å². The normalized spacial score (nSPS) is 10.0. The second kappa shape index (κ2) is 6.65. The number of para-hydroxylation sites is 2. The lowest BCUT2D eigenvalue weighted by atomic mass is 10.1. The minimum absolute atomic E-state index is 0.344. The fourth-order valence-corrected chi connectivity index (χ4v) is 2.03. The van der Waals surface area contributed by atoms with Crippen molar-refractivity contribution in [2.45, 2.75) is 13.3 Å². The van der Waals surface area contributed by atoms with Crippen LogP contribution in [0.4, 0.5) is 21.9 Å². The van der Waals surface area contributed by atoms with Gasteiger partial charge in [0.1, 0.15) is 5.75 Å². The zero-order valence-electron chi connectivity index (χ0n) is 12.1. The van der Waals surface area contributed by atoms with Crippen LogP contribution < -0.4 is 21.1 Å². The highest BCUT2D eigenvalue weighted by Gasteiger charge is 2.07. The Bertz CT molecular complexity index is 641. The van der Waals surface area contributed by atoms with Gasteiger partial charge in [0.05, 0.1) is 12.8 Å². The summed E-state index contributed by atoms with van der Waals surface area (Å²) in [6.45, 7) is 2.03. The van der Waals surface area contributed by atoms with Crippen molar-refractivity contribution in [3.63, 3.8) is 0 Å². The summed E-state index contributed by atoms with van der Waals surface area (Å²) in [5.74, 6) is 0.605. The third kappa shape index (κ3) is 3.66. The maximum Gasteiger partial charge on any atom is 0.323 e. The predicted molar refractivity (Wildman–Crippen MR) is 85.9 cm³/mol. The van der Waals surface area contributed by atoms with Crippen molar-refractivity contribution in [3.05, 3.63) is 48.0 Å². The number of nitrogens with two attached hydrogens (primary N) is 1. The molecule has 110 valence electrons. The largest absolute Gasteiger partial charge is 0.495 e. The maximum atomic E-state index is 12.0. The molecular formula is C16H19N3O2. The van der Waals surface area contributed by atoms with Crippen LogP contribution in [0.3, 0.4) is 0 Å². The van der Waals surface area contributed by atoms with Gasteiger partial charge < -0.3 is 21.1 Å². The first-order valence-electron chi connectivity index (χ1n) is 6.73. The molecule has 5 heteroatoms. The molecule has 2 aromatic carbocycles. The van der Waals surface area contributed by atoms with Gasteiger partial charge in [-0.25, -0.2) is 4.79 Å². The molecule has 0 aromatic heterocycles. The van der Waals surface area contributed by atoms with Crippen molar-refractivity contribution in [2.24, 2.45) is 0 Å². The lowest BCUT2D eigenvalue weighted by molar-refractivity contribution is 0.262. The highest BCUT2D eigenvalue weighted by molar-refractivity contribution is 6.00. The maximum absolute atomic E-state index is 12.0. The lowest BCUT2D eigenvalue weighted by Crippen LogP contribution is -2.19. The average Bonchev–Trinajstić information content (AvgIpc) is 2.48. The number of hydrogen-bond donors (Lipinski definition) is 3. The van der Waals surface area contributed by atoms with E-state index in [1.165, 1.54) is 0 Å². The van der Waals surface area contributed by atoms with Gasteiger partial charge in [-0.15, -0.1) is 0 Å². The Labute approximate surface area is 124 Å². The van der Waals surface area contributed by atoms with E-state index in [0.717, 1.165) is 12.0 Å². The average molecular weight is 285 g/mol. The van der Waals surface area contributed by atoms with Crippen LogP contribution in [0.1, 0.15) is 12.5 Å². The molecular weight excluding hydrogens is 266 g/mol. The fraction of sp³-hybridized carbons (Fsp3) is 0.188. The summed E-state index contributed by atoms with van der Waals surface area (Å²) in [5.41, 5.74) is 8.91. The second-order valence-electron chi connectivity index (χ2n) is 4.55. The van der Waals surface area contributed by atoms with Crippen LogP contribution in [0.5, 0.6) is 5.75 Å². The minimum Gasteiger partial charge on any atom is -0.495 e. The number of carbonyl (C=O) groups excluding carboxylic acids is 1. The summed E-state index contributed by atoms with van der Waals surface area (Å²) in [4.78, 5) is 12.0. The third-order valence-electron chi connectivity index (χ3n) is 3.14. The van der Waals surface area contributed by atoms with Crippen LogP contribution in [-0.4, -0.2) is 13.1 Å². The number of carbonyl (C=O) groups is 1. The zero-order valence-corrected chi connectivity index (χ0v) is 12.1. The Morgan fingerprint density at radius 2 is 1.95 bits per heavy atom. The van der Waals surface area contributed by atoms with Gasteiger partial charge >= 0.3 is 6.03 Å². The van der Waals surface area contributed by atoms with Gasteiger partial charge in [0.2, 0.25) is 0 Å². The summed E-state index contributed by atoms with van der Waals surface area (Å²) >= 11 is 0. The summed E-state index contributed by atoms with van der Waals surface area (Å²) in [6.07, 6.45) is 0.861. The molecule has 0 aliphatic carbocycles. The third-order valence-corrected chi connectivity index (χ3v) is 3.14. The lowest BCUT2D eigenvalue weighted by Gasteiger charge is -2.12. The number of nitrogens with one attached hydrogen (secondary N) is 2. The minimum atomic E-state index is -0.344. The number of nitrogen functional groups attached to an aromatic ring is 1. The highest BCUT2D eigenvalue weighted by Crippen LogP contribution is 2.23. The summed E-state index contributed by atoms with van der Waals surface area (Å²) in [6, 6.07) is 12.4. The molecule has 0 bridgehead atoms. The van der Waals surface area contributed by atoms with Crippen molar-refractivity contribution in [2.75, 3.05) is 23.5 Å². The topological polar surface area (TPSA) is 76.4 Å². The van der Waals surface area contributed by atoms with Crippen LogP contribution >= 0.6 is 0 Å². The quantitative estimate of drug-likeness (QED) is 0.753. The first kappa shape index (κ1) is 14.7. The van der Waals surface area contributed by atoms with Gasteiger partial charge in [0.25, 0.3) is 0 Å². The number of rotatable bonds is 4. The van der Waals surface area contributed by atoms with E-state index in [1.807, 2.05) is 31.2 Å². The van der Waals surface area contributed by atoms with Gasteiger partial charge in [-0.1, -0.05) is 25.1 Å². The van der Waals surface area contributed by atoms with Crippen molar-refractivity contribution >= 4 is 23.1 Å². The SMILES string of the molecule is CCc1ccc(NC(=O)Nc2ccccc2OC)cc1N. The molecule has 0 aliphatic heterocycles. The number of benzene rings is 2. The monoisotopic (exact) mass is 285 g/mol. The van der Waals surface area contributed by atoms with Gasteiger partial charge in [0.15, 0.2) is 0 Å². The molecule has 0 saturated carbocycles. The number of amides is 2. The molecule has 0 heterocycles. The molecule has 2 rings (SSSR count). The number of hydrogen-bond acceptors (Lipinski definition) is 3. The Morgan fingerprint density at radius 1 is 1.19 bits per heavy atom. The van der Waals surface area contributed by atoms with E-state index < -0.39 is 0 Å². The van der Waals surface area contributed by atoms with Crippen molar-refractivity contribution in [1.82, 2.24) is 0 Å². The molecule has 4 N–H and O–H groups in total. The molecule has 0 atom stereocenters. The Balaban J connectivity index is 2.06. The van der Waals surface area contributed by atoms with E-state index in [9.17, 15) is 4.79 Å². The van der Waals surface area contributed by atoms with Crippen molar-refractivity contribution in [1.29, 1.82) is 0 Å². The molecule has 21 heavy (non-hydrogen) atoms. The van der Waals surface area contributed by atoms with Crippen molar-refractivity contribution < 1.29 is 9.53 Å². The van der Waals surface area contributed by atoms with Gasteiger partial charge in [-0.3, -0.25) is 0 Å². The Morgan fingerprint density at radius 3 is 2.62 bits per heavy atom. The molecule has 0 saturated heterocycles. The summed E-state index contributed by atoms with van der Waals surface area (Å²) in [7, 11) is 1.56. The standard InChI is InChI=1S/C16H19N3O2/c1-3-11-8-9-12(10-13(11)17)18-16(20)19-14-6-4-5-7-15(14)21-2/h4-10H,3,17H2,1-2H3,(H2,18,19,20). The molecule has 0 aliphatic rings. The van der Waals surface area contributed by atoms with E-state index in [0.29, 0.717) is 22.8 Å². The first-order valence-corrected chi connectivity index (χ1v) is 6.73. The second-order valence-corrected chi connectivity index (χ2v) is 4.55. The molecule has 0 fully saturated rings. The Kier molecular flexibility index (Phi) is 4.66. The van der Waals surface area contributed by atoms with Gasteiger partial charge in [-0.2, -0.15) is 0 Å². The zero-order chi connectivity index (χ0) is 15.2. The van der Waals surface area contributed by atoms with Gasteiger partial charge in [-0.05, 0) is 36.2 Å². The molecule has 0 spiro atoms. The number of aryl methyl sites for hydroxylation is 1. The number of urea groups is 1. The van der Waals surface area contributed by atoms with E-state index in [4.69, 9.17) is 10.5 Å². The van der Waals surface area contributed by atoms with Crippen molar-refractivity contribution in [3.8, 4) is 5.75 Å². The highest BCUT2D eigenvalue weighted by atomic mass is 16.5. The van der Waals surface area contributed by atoms with E-state index in [-0.39, 0.29) is 6.03 Å². The number of anilines is 3. The number of methoxy groups -OCH3 is 1. The van der Waals surface area contributed by atoms with Gasteiger partial charge in [0, 0.05) is 11.4 Å². The molecule has 2 amide bonds. The molecule has 2 aromatic rings.